The molecule has 1 saturated carbocycles. The maximum Gasteiger partial charge on any atom is 0.306 e. The highest BCUT2D eigenvalue weighted by molar-refractivity contribution is 5.86. The van der Waals surface area contributed by atoms with Gasteiger partial charge in [0.2, 0.25) is 5.91 Å². The standard InChI is InChI=1S/C9H11N3O3/c10-12-11-8(14)9-4-1-2-6(9)15-7(13)3-5-9/h6H,1-5H2/t6-,9+/m0/s1. The molecule has 1 aliphatic heterocycles. The molecule has 0 spiro atoms. The van der Waals surface area contributed by atoms with Gasteiger partial charge in [-0.15, -0.1) is 0 Å². The number of ether oxygens (including phenoxy) is 1. The zero-order chi connectivity index (χ0) is 10.9. The van der Waals surface area contributed by atoms with Crippen LogP contribution in [0.25, 0.3) is 10.4 Å². The molecule has 0 unspecified atom stereocenters. The fourth-order valence-electron chi connectivity index (χ4n) is 2.53. The van der Waals surface area contributed by atoms with Crippen LogP contribution in [0.2, 0.25) is 0 Å². The Hall–Kier alpha value is -1.55. The summed E-state index contributed by atoms with van der Waals surface area (Å²) >= 11 is 0. The molecule has 0 aromatic carbocycles. The minimum Gasteiger partial charge on any atom is -0.461 e. The van der Waals surface area contributed by atoms with Gasteiger partial charge in [-0.1, -0.05) is 0 Å². The predicted molar refractivity (Wildman–Crippen MR) is 49.6 cm³/mol. The van der Waals surface area contributed by atoms with E-state index in [1.54, 1.807) is 0 Å². The average molecular weight is 209 g/mol. The molecule has 2 rings (SSSR count). The number of carbonyl (C=O) groups is 2. The third-order valence-corrected chi connectivity index (χ3v) is 3.32. The third-order valence-electron chi connectivity index (χ3n) is 3.32. The number of rotatable bonds is 1. The monoisotopic (exact) mass is 209 g/mol. The summed E-state index contributed by atoms with van der Waals surface area (Å²) in [5.41, 5.74) is 7.54. The molecule has 2 aliphatic rings. The maximum atomic E-state index is 11.7. The van der Waals surface area contributed by atoms with E-state index >= 15 is 0 Å². The van der Waals surface area contributed by atoms with Crippen LogP contribution in [0.3, 0.4) is 0 Å². The Morgan fingerprint density at radius 1 is 1.60 bits per heavy atom. The van der Waals surface area contributed by atoms with Crippen molar-refractivity contribution < 1.29 is 14.3 Å². The summed E-state index contributed by atoms with van der Waals surface area (Å²) in [4.78, 5) is 25.3. The lowest BCUT2D eigenvalue weighted by molar-refractivity contribution is -0.167. The van der Waals surface area contributed by atoms with E-state index in [0.29, 0.717) is 19.3 Å². The first-order valence-electron chi connectivity index (χ1n) is 4.98. The van der Waals surface area contributed by atoms with Gasteiger partial charge in [-0.3, -0.25) is 9.59 Å². The summed E-state index contributed by atoms with van der Waals surface area (Å²) in [6, 6.07) is 0. The van der Waals surface area contributed by atoms with Gasteiger partial charge in [0.1, 0.15) is 6.10 Å². The van der Waals surface area contributed by atoms with Crippen molar-refractivity contribution in [3.05, 3.63) is 10.4 Å². The lowest BCUT2D eigenvalue weighted by atomic mass is 9.77. The summed E-state index contributed by atoms with van der Waals surface area (Å²) < 4.78 is 5.14. The largest absolute Gasteiger partial charge is 0.461 e. The SMILES string of the molecule is [N-]=[N+]=NC(=O)[C@@]12CCC[C@@H]1OC(=O)CC2. The third kappa shape index (κ3) is 1.47. The lowest BCUT2D eigenvalue weighted by Crippen LogP contribution is -2.44. The van der Waals surface area contributed by atoms with Crippen molar-refractivity contribution in [3.8, 4) is 0 Å². The number of fused-ring (bicyclic) bond motifs is 1. The number of azide groups is 1. The Kier molecular flexibility index (Phi) is 2.36. The first kappa shape index (κ1) is 9.98. The molecular formula is C9H11N3O3. The highest BCUT2D eigenvalue weighted by Crippen LogP contribution is 2.47. The molecule has 0 N–H and O–H groups in total. The smallest absolute Gasteiger partial charge is 0.306 e. The zero-order valence-electron chi connectivity index (χ0n) is 8.18. The number of esters is 1. The van der Waals surface area contributed by atoms with Crippen molar-refractivity contribution in [2.75, 3.05) is 0 Å². The van der Waals surface area contributed by atoms with Gasteiger partial charge in [-0.25, -0.2) is 0 Å². The van der Waals surface area contributed by atoms with E-state index in [1.807, 2.05) is 0 Å². The van der Waals surface area contributed by atoms with Crippen molar-refractivity contribution in [2.24, 2.45) is 10.5 Å². The summed E-state index contributed by atoms with van der Waals surface area (Å²) in [6.45, 7) is 0. The Balaban J connectivity index is 2.28. The molecule has 6 heteroatoms. The van der Waals surface area contributed by atoms with Crippen LogP contribution >= 0.6 is 0 Å². The van der Waals surface area contributed by atoms with Gasteiger partial charge in [0.25, 0.3) is 0 Å². The molecular weight excluding hydrogens is 198 g/mol. The van der Waals surface area contributed by atoms with E-state index in [1.165, 1.54) is 0 Å². The predicted octanol–water partition coefficient (Wildman–Crippen LogP) is 1.70. The van der Waals surface area contributed by atoms with Crippen LogP contribution < -0.4 is 0 Å². The van der Waals surface area contributed by atoms with E-state index in [-0.39, 0.29) is 18.5 Å². The van der Waals surface area contributed by atoms with Crippen molar-refractivity contribution in [1.29, 1.82) is 0 Å². The van der Waals surface area contributed by atoms with Crippen LogP contribution in [0.15, 0.2) is 5.11 Å². The second kappa shape index (κ2) is 3.55. The number of amides is 1. The molecule has 0 bridgehead atoms. The van der Waals surface area contributed by atoms with Crippen LogP contribution in [-0.4, -0.2) is 18.0 Å². The fourth-order valence-corrected chi connectivity index (χ4v) is 2.53. The molecule has 1 aliphatic carbocycles. The highest BCUT2D eigenvalue weighted by Gasteiger charge is 2.52. The van der Waals surface area contributed by atoms with Gasteiger partial charge in [-0.2, -0.15) is 0 Å². The molecule has 2 atom stereocenters. The molecule has 15 heavy (non-hydrogen) atoms. The quantitative estimate of drug-likeness (QED) is 0.284. The van der Waals surface area contributed by atoms with Gasteiger partial charge >= 0.3 is 5.97 Å². The van der Waals surface area contributed by atoms with Crippen LogP contribution in [0.1, 0.15) is 32.1 Å². The number of hydrogen-bond donors (Lipinski definition) is 0. The first-order valence-corrected chi connectivity index (χ1v) is 4.98. The van der Waals surface area contributed by atoms with Crippen LogP contribution in [0.5, 0.6) is 0 Å². The lowest BCUT2D eigenvalue weighted by Gasteiger charge is -2.35. The number of carbonyl (C=O) groups excluding carboxylic acids is 2. The van der Waals surface area contributed by atoms with E-state index in [0.717, 1.165) is 6.42 Å². The van der Waals surface area contributed by atoms with Crippen molar-refractivity contribution in [2.45, 2.75) is 38.2 Å². The van der Waals surface area contributed by atoms with E-state index in [9.17, 15) is 9.59 Å². The van der Waals surface area contributed by atoms with Gasteiger partial charge in [0, 0.05) is 11.3 Å². The molecule has 2 fully saturated rings. The summed E-state index contributed by atoms with van der Waals surface area (Å²) in [7, 11) is 0. The Labute approximate surface area is 86.2 Å². The zero-order valence-corrected chi connectivity index (χ0v) is 8.18. The van der Waals surface area contributed by atoms with E-state index in [2.05, 4.69) is 10.0 Å². The number of nitrogens with zero attached hydrogens (tertiary/aromatic N) is 3. The minimum atomic E-state index is -0.722. The fraction of sp³-hybridized carbons (Fsp3) is 0.778. The normalized spacial score (nSPS) is 33.9. The van der Waals surface area contributed by atoms with Crippen molar-refractivity contribution >= 4 is 11.9 Å². The molecule has 1 saturated heterocycles. The number of hydrogen-bond acceptors (Lipinski definition) is 3. The molecule has 0 radical (unpaired) electrons. The summed E-state index contributed by atoms with van der Waals surface area (Å²) in [5, 5.41) is 3.16. The van der Waals surface area contributed by atoms with E-state index < -0.39 is 11.3 Å². The van der Waals surface area contributed by atoms with Gasteiger partial charge in [0.05, 0.1) is 5.41 Å². The van der Waals surface area contributed by atoms with E-state index in [4.69, 9.17) is 10.3 Å². The van der Waals surface area contributed by atoms with Gasteiger partial charge in [-0.05, 0) is 36.3 Å². The van der Waals surface area contributed by atoms with Crippen LogP contribution in [0, 0.1) is 5.41 Å². The van der Waals surface area contributed by atoms with Gasteiger partial charge in [0.15, 0.2) is 0 Å². The maximum absolute atomic E-state index is 11.7. The minimum absolute atomic E-state index is 0.239. The topological polar surface area (TPSA) is 92.1 Å². The molecule has 6 nitrogen and oxygen atoms in total. The van der Waals surface area contributed by atoms with Crippen molar-refractivity contribution in [1.82, 2.24) is 0 Å². The summed E-state index contributed by atoms with van der Waals surface area (Å²) in [5.74, 6) is -0.730. The Morgan fingerprint density at radius 3 is 3.13 bits per heavy atom. The van der Waals surface area contributed by atoms with Gasteiger partial charge < -0.3 is 4.74 Å². The molecule has 0 aromatic rings. The van der Waals surface area contributed by atoms with Crippen LogP contribution in [0.4, 0.5) is 0 Å². The Bertz CT molecular complexity index is 362. The second-order valence-corrected chi connectivity index (χ2v) is 4.02. The summed E-state index contributed by atoms with van der Waals surface area (Å²) in [6.07, 6.45) is 2.50. The molecule has 80 valence electrons. The molecule has 0 aromatic heterocycles. The molecule has 1 heterocycles. The average Bonchev–Trinajstić information content (AvgIpc) is 2.62. The van der Waals surface area contributed by atoms with Crippen molar-refractivity contribution in [3.63, 3.8) is 0 Å². The highest BCUT2D eigenvalue weighted by atomic mass is 16.5. The molecule has 1 amide bonds. The first-order chi connectivity index (χ1) is 7.19. The van der Waals surface area contributed by atoms with Crippen LogP contribution in [-0.2, 0) is 14.3 Å². The second-order valence-electron chi connectivity index (χ2n) is 4.02. The Morgan fingerprint density at radius 2 is 2.40 bits per heavy atom.